The minimum Gasteiger partial charge on any atom is -0.381 e. The zero-order valence-electron chi connectivity index (χ0n) is 11.6. The van der Waals surface area contributed by atoms with Crippen LogP contribution < -0.4 is 11.1 Å². The number of nitrogens with one attached hydrogen (secondary N) is 1. The van der Waals surface area contributed by atoms with Crippen LogP contribution in [0.4, 0.5) is 0 Å². The summed E-state index contributed by atoms with van der Waals surface area (Å²) >= 11 is 0. The third-order valence-corrected chi connectivity index (χ3v) is 3.17. The molecule has 0 aliphatic carbocycles. The molecule has 0 fully saturated rings. The average molecular weight is 244 g/mol. The van der Waals surface area contributed by atoms with Crippen molar-refractivity contribution in [2.24, 2.45) is 11.1 Å². The molecule has 0 bridgehead atoms. The zero-order valence-corrected chi connectivity index (χ0v) is 11.6. The molecule has 102 valence electrons. The summed E-state index contributed by atoms with van der Waals surface area (Å²) in [6.07, 6.45) is 3.89. The largest absolute Gasteiger partial charge is 0.381 e. The fourth-order valence-electron chi connectivity index (χ4n) is 1.34. The highest BCUT2D eigenvalue weighted by Crippen LogP contribution is 2.18. The molecular weight excluding hydrogens is 216 g/mol. The van der Waals surface area contributed by atoms with Crippen molar-refractivity contribution in [3.05, 3.63) is 0 Å². The van der Waals surface area contributed by atoms with Crippen molar-refractivity contribution in [3.8, 4) is 0 Å². The molecule has 4 heteroatoms. The fourth-order valence-corrected chi connectivity index (χ4v) is 1.34. The molecule has 1 atom stereocenters. The van der Waals surface area contributed by atoms with Crippen LogP contribution >= 0.6 is 0 Å². The van der Waals surface area contributed by atoms with Crippen LogP contribution in [-0.2, 0) is 9.53 Å². The van der Waals surface area contributed by atoms with Gasteiger partial charge in [-0.15, -0.1) is 0 Å². The Morgan fingerprint density at radius 3 is 2.47 bits per heavy atom. The number of carbonyl (C=O) groups excluding carboxylic acids is 1. The Bertz CT molecular complexity index is 204. The van der Waals surface area contributed by atoms with Crippen LogP contribution in [0.3, 0.4) is 0 Å². The summed E-state index contributed by atoms with van der Waals surface area (Å²) in [5.74, 6) is 0.0519. The Morgan fingerprint density at radius 1 is 1.29 bits per heavy atom. The number of ether oxygens (including phenoxy) is 1. The van der Waals surface area contributed by atoms with Crippen LogP contribution in [0.15, 0.2) is 0 Å². The first-order valence-corrected chi connectivity index (χ1v) is 6.66. The second kappa shape index (κ2) is 9.42. The van der Waals surface area contributed by atoms with E-state index in [1.54, 1.807) is 0 Å². The molecule has 0 spiro atoms. The summed E-state index contributed by atoms with van der Waals surface area (Å²) < 4.78 is 5.42. The smallest absolute Gasteiger partial charge is 0.227 e. The molecule has 0 aromatic carbocycles. The molecule has 0 aliphatic rings. The van der Waals surface area contributed by atoms with E-state index in [1.807, 2.05) is 13.8 Å². The van der Waals surface area contributed by atoms with Crippen molar-refractivity contribution in [3.63, 3.8) is 0 Å². The summed E-state index contributed by atoms with van der Waals surface area (Å²) in [5.41, 5.74) is 5.19. The molecule has 0 saturated carbocycles. The zero-order chi connectivity index (χ0) is 13.1. The molecule has 0 rings (SSSR count). The highest BCUT2D eigenvalue weighted by atomic mass is 16.5. The van der Waals surface area contributed by atoms with Gasteiger partial charge in [0.05, 0.1) is 5.41 Å². The number of rotatable bonds is 10. The van der Waals surface area contributed by atoms with Gasteiger partial charge in [0.2, 0.25) is 5.91 Å². The molecule has 0 heterocycles. The number of hydrogen-bond donors (Lipinski definition) is 2. The van der Waals surface area contributed by atoms with Crippen LogP contribution in [-0.4, -0.2) is 32.2 Å². The molecule has 3 N–H and O–H groups in total. The molecule has 17 heavy (non-hydrogen) atoms. The van der Waals surface area contributed by atoms with Gasteiger partial charge in [0.15, 0.2) is 0 Å². The molecule has 0 aromatic heterocycles. The van der Waals surface area contributed by atoms with Crippen molar-refractivity contribution in [1.29, 1.82) is 0 Å². The van der Waals surface area contributed by atoms with E-state index in [0.29, 0.717) is 19.7 Å². The SMILES string of the molecule is CCCCOCCCNC(=O)C(C)(CC)CN. The summed E-state index contributed by atoms with van der Waals surface area (Å²) in [6, 6.07) is 0. The lowest BCUT2D eigenvalue weighted by molar-refractivity contribution is -0.129. The van der Waals surface area contributed by atoms with E-state index in [2.05, 4.69) is 12.2 Å². The lowest BCUT2D eigenvalue weighted by atomic mass is 9.87. The highest BCUT2D eigenvalue weighted by molar-refractivity contribution is 5.82. The van der Waals surface area contributed by atoms with Crippen LogP contribution in [0.1, 0.15) is 46.5 Å². The Hall–Kier alpha value is -0.610. The second-order valence-electron chi connectivity index (χ2n) is 4.69. The Kier molecular flexibility index (Phi) is 9.09. The molecule has 0 aliphatic heterocycles. The first-order chi connectivity index (χ1) is 8.10. The molecule has 1 unspecified atom stereocenters. The van der Waals surface area contributed by atoms with E-state index in [4.69, 9.17) is 10.5 Å². The highest BCUT2D eigenvalue weighted by Gasteiger charge is 2.28. The van der Waals surface area contributed by atoms with Crippen molar-refractivity contribution >= 4 is 5.91 Å². The first-order valence-electron chi connectivity index (χ1n) is 6.66. The van der Waals surface area contributed by atoms with E-state index in [-0.39, 0.29) is 5.91 Å². The predicted octanol–water partition coefficient (Wildman–Crippen LogP) is 1.68. The topological polar surface area (TPSA) is 64.3 Å². The Morgan fingerprint density at radius 2 is 1.94 bits per heavy atom. The Labute approximate surface area is 105 Å². The van der Waals surface area contributed by atoms with Crippen LogP contribution in [0.5, 0.6) is 0 Å². The molecule has 0 aromatic rings. The van der Waals surface area contributed by atoms with Gasteiger partial charge in [-0.25, -0.2) is 0 Å². The predicted molar refractivity (Wildman–Crippen MR) is 70.8 cm³/mol. The van der Waals surface area contributed by atoms with E-state index in [1.165, 1.54) is 0 Å². The second-order valence-corrected chi connectivity index (χ2v) is 4.69. The first kappa shape index (κ1) is 16.4. The minimum absolute atomic E-state index is 0.0519. The maximum atomic E-state index is 11.8. The standard InChI is InChI=1S/C13H28N2O2/c1-4-6-9-17-10-7-8-15-12(16)13(3,5-2)11-14/h4-11,14H2,1-3H3,(H,15,16). The van der Waals surface area contributed by atoms with Gasteiger partial charge in [0, 0.05) is 26.3 Å². The fraction of sp³-hybridized carbons (Fsp3) is 0.923. The lowest BCUT2D eigenvalue weighted by Gasteiger charge is -2.24. The number of carbonyl (C=O) groups is 1. The van der Waals surface area contributed by atoms with Crippen LogP contribution in [0, 0.1) is 5.41 Å². The number of hydrogen-bond acceptors (Lipinski definition) is 3. The van der Waals surface area contributed by atoms with Crippen molar-refractivity contribution in [2.45, 2.75) is 46.5 Å². The maximum absolute atomic E-state index is 11.8. The van der Waals surface area contributed by atoms with Crippen molar-refractivity contribution in [1.82, 2.24) is 5.32 Å². The molecule has 1 amide bonds. The van der Waals surface area contributed by atoms with E-state index in [9.17, 15) is 4.79 Å². The van der Waals surface area contributed by atoms with Gasteiger partial charge < -0.3 is 15.8 Å². The lowest BCUT2D eigenvalue weighted by Crippen LogP contribution is -2.43. The minimum atomic E-state index is -0.428. The molecule has 4 nitrogen and oxygen atoms in total. The van der Waals surface area contributed by atoms with Crippen molar-refractivity contribution < 1.29 is 9.53 Å². The summed E-state index contributed by atoms with van der Waals surface area (Å²) in [4.78, 5) is 11.8. The Balaban J connectivity index is 3.57. The van der Waals surface area contributed by atoms with Gasteiger partial charge >= 0.3 is 0 Å². The van der Waals surface area contributed by atoms with Gasteiger partial charge in [-0.05, 0) is 26.2 Å². The van der Waals surface area contributed by atoms with Gasteiger partial charge in [0.25, 0.3) is 0 Å². The summed E-state index contributed by atoms with van der Waals surface area (Å²) in [7, 11) is 0. The van der Waals surface area contributed by atoms with Gasteiger partial charge in [0.1, 0.15) is 0 Å². The van der Waals surface area contributed by atoms with Gasteiger partial charge in [-0.1, -0.05) is 20.3 Å². The normalized spacial score (nSPS) is 14.4. The quantitative estimate of drug-likeness (QED) is 0.575. The number of nitrogens with two attached hydrogens (primary N) is 1. The third-order valence-electron chi connectivity index (χ3n) is 3.17. The van der Waals surface area contributed by atoms with Crippen molar-refractivity contribution in [2.75, 3.05) is 26.3 Å². The maximum Gasteiger partial charge on any atom is 0.227 e. The monoisotopic (exact) mass is 244 g/mol. The molecule has 0 saturated heterocycles. The number of unbranched alkanes of at least 4 members (excludes halogenated alkanes) is 1. The average Bonchev–Trinajstić information content (AvgIpc) is 2.36. The summed E-state index contributed by atoms with van der Waals surface area (Å²) in [5, 5.41) is 2.92. The summed E-state index contributed by atoms with van der Waals surface area (Å²) in [6.45, 7) is 8.62. The van der Waals surface area contributed by atoms with E-state index in [0.717, 1.165) is 32.3 Å². The van der Waals surface area contributed by atoms with Crippen LogP contribution in [0.25, 0.3) is 0 Å². The van der Waals surface area contributed by atoms with Crippen LogP contribution in [0.2, 0.25) is 0 Å². The van der Waals surface area contributed by atoms with E-state index < -0.39 is 5.41 Å². The molecular formula is C13H28N2O2. The van der Waals surface area contributed by atoms with E-state index >= 15 is 0 Å². The third kappa shape index (κ3) is 6.64. The number of amides is 1. The molecule has 0 radical (unpaired) electrons. The van der Waals surface area contributed by atoms with Gasteiger partial charge in [-0.2, -0.15) is 0 Å². The van der Waals surface area contributed by atoms with Gasteiger partial charge in [-0.3, -0.25) is 4.79 Å².